The van der Waals surface area contributed by atoms with Crippen LogP contribution in [-0.4, -0.2) is 42.5 Å². The molecule has 1 aliphatic rings. The molecule has 0 unspecified atom stereocenters. The lowest BCUT2D eigenvalue weighted by Crippen LogP contribution is -2.46. The van der Waals surface area contributed by atoms with Crippen molar-refractivity contribution in [3.05, 3.63) is 33.1 Å². The van der Waals surface area contributed by atoms with Crippen molar-refractivity contribution in [3.8, 4) is 0 Å². The van der Waals surface area contributed by atoms with Gasteiger partial charge in [0.05, 0.1) is 0 Å². The Balaban J connectivity index is 1.87. The first kappa shape index (κ1) is 15.2. The molecule has 0 amide bonds. The summed E-state index contributed by atoms with van der Waals surface area (Å²) in [6.07, 6.45) is 0. The van der Waals surface area contributed by atoms with Gasteiger partial charge in [0.1, 0.15) is 5.82 Å². The molecule has 0 spiro atoms. The standard InChI is InChI=1S/C15H22FIN2/c1-12(2)10-18-5-7-19(8-6-18)11-13-9-14(17)3-4-15(13)16/h3-4,9,12H,5-8,10-11H2,1-2H3. The Hall–Kier alpha value is -0.200. The van der Waals surface area contributed by atoms with Crippen molar-refractivity contribution in [3.63, 3.8) is 0 Å². The lowest BCUT2D eigenvalue weighted by molar-refractivity contribution is 0.116. The van der Waals surface area contributed by atoms with E-state index in [0.717, 1.165) is 47.8 Å². The van der Waals surface area contributed by atoms with Crippen LogP contribution < -0.4 is 0 Å². The average Bonchev–Trinajstić information content (AvgIpc) is 2.35. The minimum atomic E-state index is -0.0787. The fourth-order valence-electron chi connectivity index (χ4n) is 2.55. The molecule has 0 bridgehead atoms. The Labute approximate surface area is 129 Å². The van der Waals surface area contributed by atoms with Gasteiger partial charge in [-0.3, -0.25) is 4.90 Å². The Kier molecular flexibility index (Phi) is 5.59. The first-order chi connectivity index (χ1) is 9.04. The molecule has 1 saturated heterocycles. The van der Waals surface area contributed by atoms with Gasteiger partial charge >= 0.3 is 0 Å². The molecule has 1 heterocycles. The largest absolute Gasteiger partial charge is 0.301 e. The lowest BCUT2D eigenvalue weighted by Gasteiger charge is -2.35. The van der Waals surface area contributed by atoms with E-state index in [1.165, 1.54) is 6.54 Å². The van der Waals surface area contributed by atoms with E-state index in [-0.39, 0.29) is 5.82 Å². The Morgan fingerprint density at radius 1 is 1.16 bits per heavy atom. The van der Waals surface area contributed by atoms with Crippen LogP contribution in [0.3, 0.4) is 0 Å². The third-order valence-corrected chi connectivity index (χ3v) is 4.16. The molecule has 0 aromatic heterocycles. The molecule has 2 rings (SSSR count). The molecule has 0 radical (unpaired) electrons. The monoisotopic (exact) mass is 376 g/mol. The maximum atomic E-state index is 13.7. The number of nitrogens with zero attached hydrogens (tertiary/aromatic N) is 2. The fraction of sp³-hybridized carbons (Fsp3) is 0.600. The van der Waals surface area contributed by atoms with Crippen LogP contribution in [0.5, 0.6) is 0 Å². The normalized spacial score (nSPS) is 18.2. The van der Waals surface area contributed by atoms with E-state index >= 15 is 0 Å². The molecule has 4 heteroatoms. The van der Waals surface area contributed by atoms with Crippen molar-refractivity contribution in [2.24, 2.45) is 5.92 Å². The van der Waals surface area contributed by atoms with Crippen LogP contribution in [0.4, 0.5) is 4.39 Å². The van der Waals surface area contributed by atoms with E-state index < -0.39 is 0 Å². The predicted octanol–water partition coefficient (Wildman–Crippen LogP) is 3.20. The summed E-state index contributed by atoms with van der Waals surface area (Å²) in [7, 11) is 0. The van der Waals surface area contributed by atoms with E-state index in [2.05, 4.69) is 46.2 Å². The van der Waals surface area contributed by atoms with Gasteiger partial charge in [-0.15, -0.1) is 0 Å². The van der Waals surface area contributed by atoms with Crippen molar-refractivity contribution in [2.75, 3.05) is 32.7 Å². The van der Waals surface area contributed by atoms with Crippen LogP contribution in [0.25, 0.3) is 0 Å². The van der Waals surface area contributed by atoms with Crippen LogP contribution >= 0.6 is 22.6 Å². The molecule has 0 saturated carbocycles. The average molecular weight is 376 g/mol. The van der Waals surface area contributed by atoms with Gasteiger partial charge in [0.25, 0.3) is 0 Å². The quantitative estimate of drug-likeness (QED) is 0.745. The highest BCUT2D eigenvalue weighted by Gasteiger charge is 2.18. The molecule has 2 nitrogen and oxygen atoms in total. The van der Waals surface area contributed by atoms with E-state index in [0.29, 0.717) is 0 Å². The zero-order chi connectivity index (χ0) is 13.8. The van der Waals surface area contributed by atoms with E-state index in [9.17, 15) is 4.39 Å². The summed E-state index contributed by atoms with van der Waals surface area (Å²) in [5.74, 6) is 0.643. The number of piperazine rings is 1. The molecule has 106 valence electrons. The maximum absolute atomic E-state index is 13.7. The van der Waals surface area contributed by atoms with E-state index in [4.69, 9.17) is 0 Å². The molecule has 1 aromatic carbocycles. The Bertz CT molecular complexity index is 415. The second-order valence-corrected chi connectivity index (χ2v) is 6.95. The highest BCUT2D eigenvalue weighted by molar-refractivity contribution is 14.1. The van der Waals surface area contributed by atoms with Gasteiger partial charge in [0.15, 0.2) is 0 Å². The van der Waals surface area contributed by atoms with Crippen LogP contribution in [0, 0.1) is 15.3 Å². The SMILES string of the molecule is CC(C)CN1CCN(Cc2cc(I)ccc2F)CC1. The third-order valence-electron chi connectivity index (χ3n) is 3.49. The first-order valence-electron chi connectivity index (χ1n) is 6.93. The lowest BCUT2D eigenvalue weighted by atomic mass is 10.1. The van der Waals surface area contributed by atoms with Crippen LogP contribution in [0.1, 0.15) is 19.4 Å². The van der Waals surface area contributed by atoms with Crippen molar-refractivity contribution in [1.29, 1.82) is 0 Å². The second kappa shape index (κ2) is 6.99. The van der Waals surface area contributed by atoms with Gasteiger partial charge in [-0.25, -0.2) is 4.39 Å². The van der Waals surface area contributed by atoms with Crippen molar-refractivity contribution in [1.82, 2.24) is 9.80 Å². The van der Waals surface area contributed by atoms with Crippen LogP contribution in [0.2, 0.25) is 0 Å². The van der Waals surface area contributed by atoms with Crippen molar-refractivity contribution < 1.29 is 4.39 Å². The highest BCUT2D eigenvalue weighted by Crippen LogP contribution is 2.16. The highest BCUT2D eigenvalue weighted by atomic mass is 127. The summed E-state index contributed by atoms with van der Waals surface area (Å²) in [4.78, 5) is 4.86. The Morgan fingerprint density at radius 3 is 2.42 bits per heavy atom. The molecular weight excluding hydrogens is 354 g/mol. The molecule has 1 fully saturated rings. The third kappa shape index (κ3) is 4.68. The molecule has 19 heavy (non-hydrogen) atoms. The molecular formula is C15H22FIN2. The first-order valence-corrected chi connectivity index (χ1v) is 8.01. The predicted molar refractivity (Wildman–Crippen MR) is 85.7 cm³/mol. The topological polar surface area (TPSA) is 6.48 Å². The maximum Gasteiger partial charge on any atom is 0.127 e. The second-order valence-electron chi connectivity index (χ2n) is 5.71. The van der Waals surface area contributed by atoms with Crippen molar-refractivity contribution >= 4 is 22.6 Å². The molecule has 0 atom stereocenters. The number of benzene rings is 1. The Morgan fingerprint density at radius 2 is 1.79 bits per heavy atom. The van der Waals surface area contributed by atoms with Crippen molar-refractivity contribution in [2.45, 2.75) is 20.4 Å². The smallest absolute Gasteiger partial charge is 0.127 e. The number of hydrogen-bond acceptors (Lipinski definition) is 2. The van der Waals surface area contributed by atoms with Gasteiger partial charge in [-0.1, -0.05) is 13.8 Å². The zero-order valence-electron chi connectivity index (χ0n) is 11.7. The minimum absolute atomic E-state index is 0.0787. The molecule has 1 aromatic rings. The minimum Gasteiger partial charge on any atom is -0.301 e. The summed E-state index contributed by atoms with van der Waals surface area (Å²) in [5, 5.41) is 0. The molecule has 1 aliphatic heterocycles. The van der Waals surface area contributed by atoms with Gasteiger partial charge in [-0.2, -0.15) is 0 Å². The van der Waals surface area contributed by atoms with Crippen LogP contribution in [-0.2, 0) is 6.54 Å². The zero-order valence-corrected chi connectivity index (χ0v) is 13.9. The molecule has 0 N–H and O–H groups in total. The summed E-state index contributed by atoms with van der Waals surface area (Å²) < 4.78 is 14.8. The number of halogens is 2. The van der Waals surface area contributed by atoms with Gasteiger partial charge in [0.2, 0.25) is 0 Å². The van der Waals surface area contributed by atoms with E-state index in [1.54, 1.807) is 6.07 Å². The summed E-state index contributed by atoms with van der Waals surface area (Å²) in [6.45, 7) is 10.7. The molecule has 0 aliphatic carbocycles. The number of rotatable bonds is 4. The fourth-order valence-corrected chi connectivity index (χ4v) is 3.11. The van der Waals surface area contributed by atoms with E-state index in [1.807, 2.05) is 12.1 Å². The van der Waals surface area contributed by atoms with Gasteiger partial charge in [-0.05, 0) is 46.7 Å². The number of hydrogen-bond donors (Lipinski definition) is 0. The van der Waals surface area contributed by atoms with Gasteiger partial charge in [0, 0.05) is 48.4 Å². The summed E-state index contributed by atoms with van der Waals surface area (Å²) >= 11 is 2.24. The summed E-state index contributed by atoms with van der Waals surface area (Å²) in [6, 6.07) is 5.35. The van der Waals surface area contributed by atoms with Crippen LogP contribution in [0.15, 0.2) is 18.2 Å². The van der Waals surface area contributed by atoms with Gasteiger partial charge < -0.3 is 4.90 Å². The summed E-state index contributed by atoms with van der Waals surface area (Å²) in [5.41, 5.74) is 0.823.